The van der Waals surface area contributed by atoms with Crippen molar-refractivity contribution >= 4 is 17.2 Å². The first-order valence-electron chi connectivity index (χ1n) is 8.64. The average molecular weight is 343 g/mol. The van der Waals surface area contributed by atoms with E-state index >= 15 is 0 Å². The topological polar surface area (TPSA) is 45.2 Å². The van der Waals surface area contributed by atoms with Crippen molar-refractivity contribution in [2.45, 2.75) is 39.8 Å². The number of carbonyl (C=O) groups is 1. The van der Waals surface area contributed by atoms with Gasteiger partial charge in [-0.05, 0) is 17.9 Å². The van der Waals surface area contributed by atoms with Crippen LogP contribution in [0, 0.1) is 5.92 Å². The fourth-order valence-corrected chi connectivity index (χ4v) is 4.05. The second kappa shape index (κ2) is 7.45. The van der Waals surface area contributed by atoms with Gasteiger partial charge in [-0.1, -0.05) is 45.0 Å². The Hall–Kier alpha value is -1.72. The lowest BCUT2D eigenvalue weighted by Crippen LogP contribution is -2.56. The molecule has 0 aliphatic carbocycles. The van der Waals surface area contributed by atoms with Gasteiger partial charge < -0.3 is 5.32 Å². The van der Waals surface area contributed by atoms with Gasteiger partial charge in [0.25, 0.3) is 0 Å². The summed E-state index contributed by atoms with van der Waals surface area (Å²) in [5, 5.41) is 6.14. The minimum atomic E-state index is -0.0623. The molecule has 1 amide bonds. The van der Waals surface area contributed by atoms with Crippen LogP contribution in [0.5, 0.6) is 0 Å². The van der Waals surface area contributed by atoms with Crippen LogP contribution < -0.4 is 5.32 Å². The summed E-state index contributed by atoms with van der Waals surface area (Å²) in [6.07, 6.45) is 1.05. The maximum Gasteiger partial charge on any atom is 0.237 e. The van der Waals surface area contributed by atoms with E-state index in [1.807, 2.05) is 0 Å². The van der Waals surface area contributed by atoms with Crippen LogP contribution in [0.4, 0.5) is 0 Å². The molecule has 2 aromatic rings. The highest BCUT2D eigenvalue weighted by atomic mass is 32.1. The molecule has 128 valence electrons. The van der Waals surface area contributed by atoms with Gasteiger partial charge in [0.05, 0.1) is 11.7 Å². The molecule has 5 heteroatoms. The quantitative estimate of drug-likeness (QED) is 0.906. The lowest BCUT2D eigenvalue weighted by atomic mass is 9.99. The molecule has 0 radical (unpaired) electrons. The van der Waals surface area contributed by atoms with E-state index in [1.165, 1.54) is 11.1 Å². The SMILES string of the molecule is CCc1ccc(-c2nc(CN3CCNC(=O)C3C(C)C)cs2)cc1. The summed E-state index contributed by atoms with van der Waals surface area (Å²) in [5.74, 6) is 0.437. The molecule has 1 fully saturated rings. The Labute approximate surface area is 147 Å². The number of piperazine rings is 1. The molecule has 1 aromatic carbocycles. The van der Waals surface area contributed by atoms with Crippen LogP contribution in [0.2, 0.25) is 0 Å². The summed E-state index contributed by atoms with van der Waals surface area (Å²) < 4.78 is 0. The van der Waals surface area contributed by atoms with Crippen molar-refractivity contribution < 1.29 is 4.79 Å². The molecule has 1 aliphatic rings. The molecular weight excluding hydrogens is 318 g/mol. The van der Waals surface area contributed by atoms with Crippen molar-refractivity contribution in [1.82, 2.24) is 15.2 Å². The minimum absolute atomic E-state index is 0.0623. The predicted molar refractivity (Wildman–Crippen MR) is 99.0 cm³/mol. The van der Waals surface area contributed by atoms with Crippen molar-refractivity contribution in [2.75, 3.05) is 13.1 Å². The van der Waals surface area contributed by atoms with Gasteiger partial charge in [0.2, 0.25) is 5.91 Å². The van der Waals surface area contributed by atoms with Crippen LogP contribution in [0.1, 0.15) is 32.0 Å². The Morgan fingerprint density at radius 1 is 1.33 bits per heavy atom. The van der Waals surface area contributed by atoms with Gasteiger partial charge in [0.1, 0.15) is 5.01 Å². The molecule has 2 heterocycles. The van der Waals surface area contributed by atoms with Gasteiger partial charge in [0.15, 0.2) is 0 Å². The first-order valence-corrected chi connectivity index (χ1v) is 9.52. The van der Waals surface area contributed by atoms with Crippen LogP contribution in [0.3, 0.4) is 0 Å². The van der Waals surface area contributed by atoms with Gasteiger partial charge in [-0.15, -0.1) is 11.3 Å². The van der Waals surface area contributed by atoms with Crippen LogP contribution in [-0.4, -0.2) is 34.9 Å². The molecule has 1 N–H and O–H groups in total. The van der Waals surface area contributed by atoms with Crippen LogP contribution in [-0.2, 0) is 17.8 Å². The van der Waals surface area contributed by atoms with Crippen molar-refractivity contribution in [2.24, 2.45) is 5.92 Å². The highest BCUT2D eigenvalue weighted by Crippen LogP contribution is 2.26. The number of benzene rings is 1. The van der Waals surface area contributed by atoms with Crippen molar-refractivity contribution in [1.29, 1.82) is 0 Å². The lowest BCUT2D eigenvalue weighted by molar-refractivity contribution is -0.131. The number of carbonyl (C=O) groups excluding carboxylic acids is 1. The number of aryl methyl sites for hydroxylation is 1. The second-order valence-corrected chi connectivity index (χ2v) is 7.50. The molecule has 0 saturated carbocycles. The van der Waals surface area contributed by atoms with Gasteiger partial charge >= 0.3 is 0 Å². The number of nitrogens with one attached hydrogen (secondary N) is 1. The standard InChI is InChI=1S/C19H25N3OS/c1-4-14-5-7-15(8-6-14)19-21-16(12-24-19)11-22-10-9-20-18(23)17(22)13(2)3/h5-8,12-13,17H,4,9-11H2,1-3H3,(H,20,23). The van der Waals surface area contributed by atoms with Crippen LogP contribution >= 0.6 is 11.3 Å². The molecule has 1 saturated heterocycles. The second-order valence-electron chi connectivity index (χ2n) is 6.64. The fourth-order valence-electron chi connectivity index (χ4n) is 3.24. The number of hydrogen-bond acceptors (Lipinski definition) is 4. The largest absolute Gasteiger partial charge is 0.353 e. The lowest BCUT2D eigenvalue weighted by Gasteiger charge is -2.36. The first-order chi connectivity index (χ1) is 11.6. The number of aromatic nitrogens is 1. The maximum absolute atomic E-state index is 12.2. The normalized spacial score (nSPS) is 18.8. The summed E-state index contributed by atoms with van der Waals surface area (Å²) in [6, 6.07) is 8.56. The van der Waals surface area contributed by atoms with Gasteiger partial charge in [-0.2, -0.15) is 0 Å². The van der Waals surface area contributed by atoms with Crippen molar-refractivity contribution in [3.63, 3.8) is 0 Å². The summed E-state index contributed by atoms with van der Waals surface area (Å²) in [6.45, 7) is 8.70. The van der Waals surface area contributed by atoms with E-state index in [2.05, 4.69) is 60.6 Å². The van der Waals surface area contributed by atoms with E-state index in [1.54, 1.807) is 11.3 Å². The predicted octanol–water partition coefficient (Wildman–Crippen LogP) is 3.33. The van der Waals surface area contributed by atoms with Gasteiger partial charge in [0, 0.05) is 30.6 Å². The van der Waals surface area contributed by atoms with Crippen molar-refractivity contribution in [3.05, 3.63) is 40.9 Å². The Morgan fingerprint density at radius 2 is 2.08 bits per heavy atom. The average Bonchev–Trinajstić information content (AvgIpc) is 3.03. The van der Waals surface area contributed by atoms with E-state index in [4.69, 9.17) is 4.98 Å². The Balaban J connectivity index is 1.74. The molecule has 3 rings (SSSR count). The van der Waals surface area contributed by atoms with E-state index in [0.29, 0.717) is 5.92 Å². The Morgan fingerprint density at radius 3 is 2.75 bits per heavy atom. The fraction of sp³-hybridized carbons (Fsp3) is 0.474. The molecule has 4 nitrogen and oxygen atoms in total. The number of amides is 1. The molecule has 1 unspecified atom stereocenters. The number of rotatable bonds is 5. The molecule has 0 bridgehead atoms. The van der Waals surface area contributed by atoms with Crippen LogP contribution in [0.15, 0.2) is 29.6 Å². The minimum Gasteiger partial charge on any atom is -0.353 e. The number of thiazole rings is 1. The Bertz CT molecular complexity index is 693. The molecule has 0 spiro atoms. The first kappa shape index (κ1) is 17.1. The summed E-state index contributed by atoms with van der Waals surface area (Å²) in [5.41, 5.74) is 3.56. The van der Waals surface area contributed by atoms with Gasteiger partial charge in [-0.25, -0.2) is 4.98 Å². The maximum atomic E-state index is 12.2. The highest BCUT2D eigenvalue weighted by Gasteiger charge is 2.32. The molecule has 1 aromatic heterocycles. The summed E-state index contributed by atoms with van der Waals surface area (Å²) in [4.78, 5) is 19.2. The number of hydrogen-bond donors (Lipinski definition) is 1. The number of nitrogens with zero attached hydrogens (tertiary/aromatic N) is 2. The third-order valence-electron chi connectivity index (χ3n) is 4.52. The van der Waals surface area contributed by atoms with E-state index in [9.17, 15) is 4.79 Å². The third-order valence-corrected chi connectivity index (χ3v) is 5.46. The zero-order chi connectivity index (χ0) is 17.1. The zero-order valence-corrected chi connectivity index (χ0v) is 15.4. The smallest absolute Gasteiger partial charge is 0.237 e. The summed E-state index contributed by atoms with van der Waals surface area (Å²) in [7, 11) is 0. The molecule has 24 heavy (non-hydrogen) atoms. The van der Waals surface area contributed by atoms with Gasteiger partial charge in [-0.3, -0.25) is 9.69 Å². The Kier molecular flexibility index (Phi) is 5.31. The summed E-state index contributed by atoms with van der Waals surface area (Å²) >= 11 is 1.68. The van der Waals surface area contributed by atoms with E-state index in [-0.39, 0.29) is 11.9 Å². The zero-order valence-electron chi connectivity index (χ0n) is 14.6. The third kappa shape index (κ3) is 3.68. The molecule has 1 atom stereocenters. The van der Waals surface area contributed by atoms with E-state index < -0.39 is 0 Å². The monoisotopic (exact) mass is 343 g/mol. The van der Waals surface area contributed by atoms with Crippen LogP contribution in [0.25, 0.3) is 10.6 Å². The molecule has 1 aliphatic heterocycles. The molecular formula is C19H25N3OS. The van der Waals surface area contributed by atoms with E-state index in [0.717, 1.165) is 36.8 Å². The highest BCUT2D eigenvalue weighted by molar-refractivity contribution is 7.13. The van der Waals surface area contributed by atoms with Crippen molar-refractivity contribution in [3.8, 4) is 10.6 Å².